The molecule has 2 aromatic rings. The van der Waals surface area contributed by atoms with Crippen LogP contribution in [0.2, 0.25) is 0 Å². The topological polar surface area (TPSA) is 67.7 Å². The number of piperazine rings is 1. The molecule has 150 valence electrons. The van der Waals surface area contributed by atoms with Gasteiger partial charge in [0.05, 0.1) is 18.4 Å². The Labute approximate surface area is 165 Å². The molecule has 1 aliphatic heterocycles. The summed E-state index contributed by atoms with van der Waals surface area (Å²) >= 11 is 0. The molecule has 3 rings (SSSR count). The van der Waals surface area contributed by atoms with Crippen molar-refractivity contribution >= 4 is 11.8 Å². The van der Waals surface area contributed by atoms with Gasteiger partial charge in [-0.3, -0.25) is 14.3 Å². The Morgan fingerprint density at radius 1 is 1.07 bits per heavy atom. The lowest BCUT2D eigenvalue weighted by molar-refractivity contribution is -0.133. The summed E-state index contributed by atoms with van der Waals surface area (Å²) in [7, 11) is 1.56. The Balaban J connectivity index is 1.60. The Morgan fingerprint density at radius 2 is 1.71 bits per heavy atom. The average molecular weight is 384 g/mol. The molecule has 0 atom stereocenters. The predicted molar refractivity (Wildman–Crippen MR) is 107 cm³/mol. The summed E-state index contributed by atoms with van der Waals surface area (Å²) in [6.45, 7) is 8.42. The summed E-state index contributed by atoms with van der Waals surface area (Å²) in [6.07, 6.45) is 0.912. The van der Waals surface area contributed by atoms with Crippen molar-refractivity contribution in [2.75, 3.05) is 33.3 Å². The smallest absolute Gasteiger partial charge is 0.257 e. The van der Waals surface area contributed by atoms with Crippen LogP contribution in [0.5, 0.6) is 5.75 Å². The first-order valence-corrected chi connectivity index (χ1v) is 9.69. The molecule has 0 spiro atoms. The highest BCUT2D eigenvalue weighted by Gasteiger charge is 2.26. The number of amides is 2. The van der Waals surface area contributed by atoms with E-state index in [9.17, 15) is 9.59 Å². The number of para-hydroxylation sites is 1. The summed E-state index contributed by atoms with van der Waals surface area (Å²) in [5, 5.41) is 4.51. The highest BCUT2D eigenvalue weighted by atomic mass is 16.5. The molecule has 0 saturated carbocycles. The van der Waals surface area contributed by atoms with E-state index in [4.69, 9.17) is 4.74 Å². The lowest BCUT2D eigenvalue weighted by Crippen LogP contribution is -2.51. The van der Waals surface area contributed by atoms with Crippen LogP contribution in [0.25, 0.3) is 0 Å². The first-order valence-electron chi connectivity index (χ1n) is 9.69. The number of aromatic nitrogens is 2. The molecular formula is C21H28N4O3. The van der Waals surface area contributed by atoms with E-state index >= 15 is 0 Å². The summed E-state index contributed by atoms with van der Waals surface area (Å²) in [4.78, 5) is 29.1. The minimum Gasteiger partial charge on any atom is -0.496 e. The van der Waals surface area contributed by atoms with Gasteiger partial charge >= 0.3 is 0 Å². The van der Waals surface area contributed by atoms with Gasteiger partial charge in [0.15, 0.2) is 0 Å². The number of hydrogen-bond donors (Lipinski definition) is 0. The molecule has 7 nitrogen and oxygen atoms in total. The molecule has 1 aliphatic rings. The van der Waals surface area contributed by atoms with E-state index in [-0.39, 0.29) is 18.4 Å². The second-order valence-electron chi connectivity index (χ2n) is 7.03. The molecule has 1 aromatic carbocycles. The lowest BCUT2D eigenvalue weighted by atomic mass is 10.1. The van der Waals surface area contributed by atoms with Crippen molar-refractivity contribution < 1.29 is 14.3 Å². The second kappa shape index (κ2) is 8.46. The fraction of sp³-hybridized carbons (Fsp3) is 0.476. The lowest BCUT2D eigenvalue weighted by Gasteiger charge is -2.35. The van der Waals surface area contributed by atoms with Gasteiger partial charge in [0.1, 0.15) is 12.3 Å². The van der Waals surface area contributed by atoms with Crippen molar-refractivity contribution in [3.05, 3.63) is 46.8 Å². The van der Waals surface area contributed by atoms with Crippen LogP contribution in [0.3, 0.4) is 0 Å². The molecular weight excluding hydrogens is 356 g/mol. The minimum absolute atomic E-state index is 0.0395. The van der Waals surface area contributed by atoms with Gasteiger partial charge in [-0.25, -0.2) is 0 Å². The van der Waals surface area contributed by atoms with Gasteiger partial charge in [-0.15, -0.1) is 0 Å². The third-order valence-electron chi connectivity index (χ3n) is 5.43. The summed E-state index contributed by atoms with van der Waals surface area (Å²) < 4.78 is 7.09. The van der Waals surface area contributed by atoms with Crippen LogP contribution < -0.4 is 4.74 Å². The summed E-state index contributed by atoms with van der Waals surface area (Å²) in [5.74, 6) is 0.551. The van der Waals surface area contributed by atoms with Crippen LogP contribution in [-0.2, 0) is 17.8 Å². The molecule has 0 aliphatic carbocycles. The predicted octanol–water partition coefficient (Wildman–Crippen LogP) is 2.06. The third-order valence-corrected chi connectivity index (χ3v) is 5.43. The van der Waals surface area contributed by atoms with Gasteiger partial charge in [-0.1, -0.05) is 19.1 Å². The van der Waals surface area contributed by atoms with E-state index in [1.165, 1.54) is 5.56 Å². The molecule has 28 heavy (non-hydrogen) atoms. The highest BCUT2D eigenvalue weighted by molar-refractivity contribution is 5.97. The largest absolute Gasteiger partial charge is 0.496 e. The molecule has 1 saturated heterocycles. The number of carbonyl (C=O) groups is 2. The zero-order valence-electron chi connectivity index (χ0n) is 17.1. The number of benzene rings is 1. The van der Waals surface area contributed by atoms with E-state index in [0.717, 1.165) is 17.8 Å². The Kier molecular flexibility index (Phi) is 6.02. The first-order chi connectivity index (χ1) is 13.5. The molecule has 0 N–H and O–H groups in total. The van der Waals surface area contributed by atoms with Crippen LogP contribution in [0.4, 0.5) is 0 Å². The fourth-order valence-corrected chi connectivity index (χ4v) is 3.78. The Morgan fingerprint density at radius 3 is 2.32 bits per heavy atom. The highest BCUT2D eigenvalue weighted by Crippen LogP contribution is 2.20. The van der Waals surface area contributed by atoms with Crippen molar-refractivity contribution in [3.63, 3.8) is 0 Å². The number of hydrogen-bond acceptors (Lipinski definition) is 4. The zero-order chi connectivity index (χ0) is 20.3. The van der Waals surface area contributed by atoms with Crippen LogP contribution in [0.1, 0.15) is 34.2 Å². The van der Waals surface area contributed by atoms with Crippen molar-refractivity contribution in [3.8, 4) is 5.75 Å². The van der Waals surface area contributed by atoms with Gasteiger partial charge in [0.2, 0.25) is 5.91 Å². The number of nitrogens with zero attached hydrogens (tertiary/aromatic N) is 4. The van der Waals surface area contributed by atoms with Crippen molar-refractivity contribution in [1.82, 2.24) is 19.6 Å². The number of ether oxygens (including phenoxy) is 1. The number of rotatable bonds is 5. The maximum atomic E-state index is 12.8. The van der Waals surface area contributed by atoms with Gasteiger partial charge < -0.3 is 14.5 Å². The van der Waals surface area contributed by atoms with Crippen LogP contribution in [0.15, 0.2) is 24.3 Å². The molecule has 2 amide bonds. The Bertz CT molecular complexity index is 867. The standard InChI is InChI=1S/C21H28N4O3/c1-5-17-15(2)22-25(16(17)3)14-20(26)23-10-12-24(13-11-23)21(27)18-8-6-7-9-19(18)28-4/h6-9H,5,10-14H2,1-4H3. The SMILES string of the molecule is CCc1c(C)nn(CC(=O)N2CCN(C(=O)c3ccccc3OC)CC2)c1C. The van der Waals surface area contributed by atoms with E-state index in [1.807, 2.05) is 30.9 Å². The minimum atomic E-state index is -0.0596. The second-order valence-corrected chi connectivity index (χ2v) is 7.03. The number of aryl methyl sites for hydroxylation is 1. The molecule has 1 fully saturated rings. The number of methoxy groups -OCH3 is 1. The number of carbonyl (C=O) groups excluding carboxylic acids is 2. The van der Waals surface area contributed by atoms with Crippen molar-refractivity contribution in [1.29, 1.82) is 0 Å². The summed E-state index contributed by atoms with van der Waals surface area (Å²) in [5.41, 5.74) is 3.80. The third kappa shape index (κ3) is 3.88. The molecule has 0 radical (unpaired) electrons. The summed E-state index contributed by atoms with van der Waals surface area (Å²) in [6, 6.07) is 7.22. The molecule has 1 aromatic heterocycles. The van der Waals surface area contributed by atoms with Gasteiger partial charge in [-0.2, -0.15) is 5.10 Å². The van der Waals surface area contributed by atoms with Crippen LogP contribution >= 0.6 is 0 Å². The average Bonchev–Trinajstić information content (AvgIpc) is 2.99. The fourth-order valence-electron chi connectivity index (χ4n) is 3.78. The van der Waals surface area contributed by atoms with Crippen LogP contribution in [-0.4, -0.2) is 64.7 Å². The zero-order valence-corrected chi connectivity index (χ0v) is 17.1. The van der Waals surface area contributed by atoms with Crippen LogP contribution in [0, 0.1) is 13.8 Å². The van der Waals surface area contributed by atoms with Gasteiger partial charge in [0.25, 0.3) is 5.91 Å². The molecule has 2 heterocycles. The monoisotopic (exact) mass is 384 g/mol. The maximum Gasteiger partial charge on any atom is 0.257 e. The first kappa shape index (κ1) is 19.9. The van der Waals surface area contributed by atoms with Crippen molar-refractivity contribution in [2.24, 2.45) is 0 Å². The molecule has 7 heteroatoms. The molecule has 0 unspecified atom stereocenters. The van der Waals surface area contributed by atoms with E-state index < -0.39 is 0 Å². The van der Waals surface area contributed by atoms with E-state index in [1.54, 1.807) is 28.8 Å². The quantitative estimate of drug-likeness (QED) is 0.791. The van der Waals surface area contributed by atoms with Gasteiger partial charge in [0, 0.05) is 31.9 Å². The normalized spacial score (nSPS) is 14.3. The van der Waals surface area contributed by atoms with Crippen molar-refractivity contribution in [2.45, 2.75) is 33.7 Å². The van der Waals surface area contributed by atoms with Gasteiger partial charge in [-0.05, 0) is 38.0 Å². The maximum absolute atomic E-state index is 12.8. The molecule has 0 bridgehead atoms. The van der Waals surface area contributed by atoms with E-state index in [2.05, 4.69) is 12.0 Å². The Hall–Kier alpha value is -2.83. The van der Waals surface area contributed by atoms with E-state index in [0.29, 0.717) is 37.5 Å².